The van der Waals surface area contributed by atoms with Crippen molar-refractivity contribution < 1.29 is 0 Å². The normalized spacial score (nSPS) is 10.4. The number of hydrogen-bond donors (Lipinski definition) is 0. The molecule has 0 unspecified atom stereocenters. The van der Waals surface area contributed by atoms with Gasteiger partial charge in [-0.2, -0.15) is 0 Å². The van der Waals surface area contributed by atoms with Gasteiger partial charge in [-0.1, -0.05) is 41.4 Å². The van der Waals surface area contributed by atoms with Gasteiger partial charge in [-0.3, -0.25) is 0 Å². The predicted molar refractivity (Wildman–Crippen MR) is 78.2 cm³/mol. The Bertz CT molecular complexity index is 489. The first-order chi connectivity index (χ1) is 7.65. The predicted octanol–water partition coefficient (Wildman–Crippen LogP) is 4.84. The molecule has 0 spiro atoms. The Balaban J connectivity index is 2.26. The Morgan fingerprint density at radius 2 is 1.75 bits per heavy atom. The summed E-state index contributed by atoms with van der Waals surface area (Å²) in [5.74, 6) is 0. The van der Waals surface area contributed by atoms with E-state index in [2.05, 4.69) is 59.8 Å². The SMILES string of the molecule is Cc1ccc(Cc2cc(I)ccc2Cl)cc1. The summed E-state index contributed by atoms with van der Waals surface area (Å²) in [4.78, 5) is 0. The minimum atomic E-state index is 0.848. The Morgan fingerprint density at radius 1 is 1.06 bits per heavy atom. The molecule has 0 aliphatic heterocycles. The smallest absolute Gasteiger partial charge is 0.0442 e. The fourth-order valence-electron chi connectivity index (χ4n) is 1.60. The highest BCUT2D eigenvalue weighted by Gasteiger charge is 2.02. The minimum absolute atomic E-state index is 0.848. The second-order valence-corrected chi connectivity index (χ2v) is 5.55. The van der Waals surface area contributed by atoms with E-state index >= 15 is 0 Å². The van der Waals surface area contributed by atoms with Gasteiger partial charge in [0, 0.05) is 8.59 Å². The van der Waals surface area contributed by atoms with Gasteiger partial charge in [0.05, 0.1) is 0 Å². The van der Waals surface area contributed by atoms with Gasteiger partial charge in [0.15, 0.2) is 0 Å². The highest BCUT2D eigenvalue weighted by atomic mass is 127. The summed E-state index contributed by atoms with van der Waals surface area (Å²) < 4.78 is 1.23. The van der Waals surface area contributed by atoms with Gasteiger partial charge in [0.2, 0.25) is 0 Å². The van der Waals surface area contributed by atoms with Gasteiger partial charge in [-0.15, -0.1) is 0 Å². The lowest BCUT2D eigenvalue weighted by Crippen LogP contribution is -1.90. The van der Waals surface area contributed by atoms with Crippen LogP contribution < -0.4 is 0 Å². The van der Waals surface area contributed by atoms with Gasteiger partial charge in [-0.05, 0) is 65.3 Å². The molecule has 2 aromatic rings. The van der Waals surface area contributed by atoms with Gasteiger partial charge in [0.1, 0.15) is 0 Å². The Kier molecular flexibility index (Phi) is 3.87. The van der Waals surface area contributed by atoms with Crippen LogP contribution in [0.25, 0.3) is 0 Å². The molecule has 0 amide bonds. The zero-order valence-electron chi connectivity index (χ0n) is 9.00. The number of aryl methyl sites for hydroxylation is 1. The number of benzene rings is 2. The third-order valence-electron chi connectivity index (χ3n) is 2.52. The fraction of sp³-hybridized carbons (Fsp3) is 0.143. The summed E-state index contributed by atoms with van der Waals surface area (Å²) in [6.07, 6.45) is 0.899. The lowest BCUT2D eigenvalue weighted by atomic mass is 10.0. The molecule has 2 aromatic carbocycles. The zero-order valence-corrected chi connectivity index (χ0v) is 11.9. The summed E-state index contributed by atoms with van der Waals surface area (Å²) in [6.45, 7) is 2.10. The summed E-state index contributed by atoms with van der Waals surface area (Å²) in [7, 11) is 0. The largest absolute Gasteiger partial charge is 0.0840 e. The van der Waals surface area contributed by atoms with E-state index < -0.39 is 0 Å². The molecule has 0 nitrogen and oxygen atoms in total. The van der Waals surface area contributed by atoms with Crippen molar-refractivity contribution in [1.82, 2.24) is 0 Å². The van der Waals surface area contributed by atoms with Crippen LogP contribution in [0.2, 0.25) is 5.02 Å². The zero-order chi connectivity index (χ0) is 11.5. The van der Waals surface area contributed by atoms with Crippen molar-refractivity contribution in [3.8, 4) is 0 Å². The Labute approximate surface area is 115 Å². The number of rotatable bonds is 2. The standard InChI is InChI=1S/C14H12ClI/c1-10-2-4-11(5-3-10)8-12-9-13(16)6-7-14(12)15/h2-7,9H,8H2,1H3. The average molecular weight is 343 g/mol. The van der Waals surface area contributed by atoms with Crippen molar-refractivity contribution in [3.63, 3.8) is 0 Å². The van der Waals surface area contributed by atoms with Crippen molar-refractivity contribution >= 4 is 34.2 Å². The third kappa shape index (κ3) is 2.98. The van der Waals surface area contributed by atoms with Gasteiger partial charge >= 0.3 is 0 Å². The van der Waals surface area contributed by atoms with E-state index in [0.29, 0.717) is 0 Å². The molecule has 0 saturated carbocycles. The van der Waals surface area contributed by atoms with Crippen LogP contribution in [0.5, 0.6) is 0 Å². The quantitative estimate of drug-likeness (QED) is 0.685. The molecule has 0 fully saturated rings. The average Bonchev–Trinajstić information content (AvgIpc) is 2.27. The van der Waals surface area contributed by atoms with E-state index in [1.54, 1.807) is 0 Å². The molecule has 0 saturated heterocycles. The van der Waals surface area contributed by atoms with Crippen LogP contribution in [0.3, 0.4) is 0 Å². The highest BCUT2D eigenvalue weighted by molar-refractivity contribution is 14.1. The van der Waals surface area contributed by atoms with E-state index in [9.17, 15) is 0 Å². The van der Waals surface area contributed by atoms with E-state index in [1.165, 1.54) is 20.3 Å². The van der Waals surface area contributed by atoms with Crippen molar-refractivity contribution in [2.75, 3.05) is 0 Å². The molecule has 0 bridgehead atoms. The molecule has 2 heteroatoms. The number of halogens is 2. The topological polar surface area (TPSA) is 0 Å². The second-order valence-electron chi connectivity index (χ2n) is 3.90. The first-order valence-electron chi connectivity index (χ1n) is 5.14. The van der Waals surface area contributed by atoms with Crippen molar-refractivity contribution in [2.24, 2.45) is 0 Å². The fourth-order valence-corrected chi connectivity index (χ4v) is 2.34. The molecule has 16 heavy (non-hydrogen) atoms. The monoisotopic (exact) mass is 342 g/mol. The molecule has 0 aliphatic carbocycles. The molecule has 0 aromatic heterocycles. The maximum absolute atomic E-state index is 6.17. The van der Waals surface area contributed by atoms with E-state index in [1.807, 2.05) is 12.1 Å². The summed E-state index contributed by atoms with van der Waals surface area (Å²) in [5.41, 5.74) is 3.78. The van der Waals surface area contributed by atoms with E-state index in [4.69, 9.17) is 11.6 Å². The van der Waals surface area contributed by atoms with E-state index in [-0.39, 0.29) is 0 Å². The molecule has 2 rings (SSSR count). The molecule has 0 N–H and O–H groups in total. The molecule has 0 atom stereocenters. The van der Waals surface area contributed by atoms with Gasteiger partial charge < -0.3 is 0 Å². The maximum atomic E-state index is 6.17. The molecule has 0 radical (unpaired) electrons. The van der Waals surface area contributed by atoms with Crippen LogP contribution in [0.4, 0.5) is 0 Å². The lowest BCUT2D eigenvalue weighted by Gasteiger charge is -2.05. The molecule has 82 valence electrons. The second kappa shape index (κ2) is 5.19. The van der Waals surface area contributed by atoms with Crippen LogP contribution in [0.15, 0.2) is 42.5 Å². The summed E-state index contributed by atoms with van der Waals surface area (Å²) >= 11 is 8.49. The van der Waals surface area contributed by atoms with Crippen LogP contribution in [-0.4, -0.2) is 0 Å². The van der Waals surface area contributed by atoms with E-state index in [0.717, 1.165) is 11.4 Å². The number of hydrogen-bond acceptors (Lipinski definition) is 0. The maximum Gasteiger partial charge on any atom is 0.0442 e. The lowest BCUT2D eigenvalue weighted by molar-refractivity contribution is 1.18. The van der Waals surface area contributed by atoms with Crippen molar-refractivity contribution in [3.05, 3.63) is 67.7 Å². The summed E-state index contributed by atoms with van der Waals surface area (Å²) in [5, 5.41) is 0.848. The molecular formula is C14H12ClI. The van der Waals surface area contributed by atoms with Crippen LogP contribution >= 0.6 is 34.2 Å². The molecule has 0 aliphatic rings. The molecule has 0 heterocycles. The minimum Gasteiger partial charge on any atom is -0.0840 e. The Hall–Kier alpha value is -0.540. The molecular weight excluding hydrogens is 331 g/mol. The van der Waals surface area contributed by atoms with Crippen molar-refractivity contribution in [1.29, 1.82) is 0 Å². The Morgan fingerprint density at radius 3 is 2.44 bits per heavy atom. The van der Waals surface area contributed by atoms with Gasteiger partial charge in [0.25, 0.3) is 0 Å². The van der Waals surface area contributed by atoms with Crippen LogP contribution in [0.1, 0.15) is 16.7 Å². The van der Waals surface area contributed by atoms with Crippen LogP contribution in [0, 0.1) is 10.5 Å². The van der Waals surface area contributed by atoms with Gasteiger partial charge in [-0.25, -0.2) is 0 Å². The first-order valence-corrected chi connectivity index (χ1v) is 6.60. The highest BCUT2D eigenvalue weighted by Crippen LogP contribution is 2.21. The summed E-state index contributed by atoms with van der Waals surface area (Å²) in [6, 6.07) is 14.7. The van der Waals surface area contributed by atoms with Crippen molar-refractivity contribution in [2.45, 2.75) is 13.3 Å². The first kappa shape index (κ1) is 11.9. The van der Waals surface area contributed by atoms with Crippen LogP contribution in [-0.2, 0) is 6.42 Å². The third-order valence-corrected chi connectivity index (χ3v) is 3.56.